The summed E-state index contributed by atoms with van der Waals surface area (Å²) >= 11 is 6.09. The van der Waals surface area contributed by atoms with Gasteiger partial charge in [0.05, 0.1) is 34.0 Å². The normalized spacial score (nSPS) is 19.3. The van der Waals surface area contributed by atoms with Crippen LogP contribution in [0.1, 0.15) is 55.0 Å². The van der Waals surface area contributed by atoms with Crippen LogP contribution in [-0.4, -0.2) is 52.7 Å². The SMILES string of the molecule is Cc1noc(C)c1-c1ccc2c(c1)nc(C1CCC(=O)N1c1ccc(F)c(Cl)c1)n2C1CCN(S(C)(=O)=O)CC1. The van der Waals surface area contributed by atoms with Gasteiger partial charge in [-0.2, -0.15) is 0 Å². The molecular formula is C28H29ClFN5O4S. The molecule has 4 aromatic rings. The Hall–Kier alpha value is -3.28. The van der Waals surface area contributed by atoms with Crippen LogP contribution in [0.2, 0.25) is 5.02 Å². The zero-order valence-corrected chi connectivity index (χ0v) is 24.0. The van der Waals surface area contributed by atoms with Gasteiger partial charge in [0.25, 0.3) is 0 Å². The Morgan fingerprint density at radius 3 is 2.48 bits per heavy atom. The maximum Gasteiger partial charge on any atom is 0.227 e. The van der Waals surface area contributed by atoms with E-state index in [1.165, 1.54) is 22.7 Å². The highest BCUT2D eigenvalue weighted by atomic mass is 35.5. The number of halogens is 2. The molecule has 2 saturated heterocycles. The fourth-order valence-corrected chi connectivity index (χ4v) is 7.15. The fraction of sp³-hybridized carbons (Fsp3) is 0.393. The van der Waals surface area contributed by atoms with Crippen LogP contribution in [0, 0.1) is 19.7 Å². The van der Waals surface area contributed by atoms with Gasteiger partial charge in [0.2, 0.25) is 15.9 Å². The fourth-order valence-electron chi connectivity index (χ4n) is 6.11. The average Bonchev–Trinajstić information content (AvgIpc) is 3.59. The van der Waals surface area contributed by atoms with E-state index >= 15 is 0 Å². The summed E-state index contributed by atoms with van der Waals surface area (Å²) in [4.78, 5) is 19.9. The molecule has 1 unspecified atom stereocenters. The number of rotatable bonds is 5. The van der Waals surface area contributed by atoms with Crippen molar-refractivity contribution in [2.24, 2.45) is 0 Å². The van der Waals surface area contributed by atoms with Gasteiger partial charge in [-0.15, -0.1) is 0 Å². The smallest absolute Gasteiger partial charge is 0.227 e. The number of hydrogen-bond acceptors (Lipinski definition) is 6. The van der Waals surface area contributed by atoms with Crippen molar-refractivity contribution in [1.82, 2.24) is 19.0 Å². The molecule has 0 radical (unpaired) electrons. The molecular weight excluding hydrogens is 557 g/mol. The minimum atomic E-state index is -3.29. The number of hydrogen-bond donors (Lipinski definition) is 0. The molecule has 4 heterocycles. The van der Waals surface area contributed by atoms with Gasteiger partial charge in [0.15, 0.2) is 0 Å². The average molecular weight is 586 g/mol. The van der Waals surface area contributed by atoms with Gasteiger partial charge < -0.3 is 14.0 Å². The van der Waals surface area contributed by atoms with E-state index < -0.39 is 21.9 Å². The lowest BCUT2D eigenvalue weighted by Gasteiger charge is -2.34. The number of fused-ring (bicyclic) bond motifs is 1. The first-order valence-corrected chi connectivity index (χ1v) is 15.4. The first kappa shape index (κ1) is 26.9. The zero-order valence-electron chi connectivity index (χ0n) is 22.4. The summed E-state index contributed by atoms with van der Waals surface area (Å²) in [5, 5.41) is 4.03. The van der Waals surface area contributed by atoms with E-state index in [9.17, 15) is 17.6 Å². The van der Waals surface area contributed by atoms with E-state index in [-0.39, 0.29) is 17.0 Å². The van der Waals surface area contributed by atoms with Crippen molar-refractivity contribution in [3.63, 3.8) is 0 Å². The second-order valence-corrected chi connectivity index (χ2v) is 12.9. The van der Waals surface area contributed by atoms with Crippen LogP contribution in [0.5, 0.6) is 0 Å². The van der Waals surface area contributed by atoms with Crippen molar-refractivity contribution >= 4 is 44.3 Å². The van der Waals surface area contributed by atoms with Crippen LogP contribution in [0.25, 0.3) is 22.2 Å². The second-order valence-electron chi connectivity index (χ2n) is 10.6. The summed E-state index contributed by atoms with van der Waals surface area (Å²) in [5.74, 6) is 0.792. The summed E-state index contributed by atoms with van der Waals surface area (Å²) < 4.78 is 47.4. The molecule has 210 valence electrons. The van der Waals surface area contributed by atoms with Gasteiger partial charge in [0.1, 0.15) is 17.4 Å². The first-order chi connectivity index (χ1) is 19.0. The number of nitrogens with zero attached hydrogens (tertiary/aromatic N) is 5. The van der Waals surface area contributed by atoms with E-state index in [1.807, 2.05) is 32.0 Å². The third-order valence-electron chi connectivity index (χ3n) is 7.99. The lowest BCUT2D eigenvalue weighted by Crippen LogP contribution is -2.39. The molecule has 6 rings (SSSR count). The van der Waals surface area contributed by atoms with Crippen LogP contribution in [0.15, 0.2) is 40.9 Å². The molecule has 0 bridgehead atoms. The van der Waals surface area contributed by atoms with Gasteiger partial charge >= 0.3 is 0 Å². The van der Waals surface area contributed by atoms with E-state index in [0.29, 0.717) is 50.2 Å². The number of anilines is 1. The predicted molar refractivity (Wildman–Crippen MR) is 150 cm³/mol. The molecule has 2 aliphatic heterocycles. The number of piperidine rings is 1. The van der Waals surface area contributed by atoms with Crippen molar-refractivity contribution in [2.45, 2.75) is 51.6 Å². The van der Waals surface area contributed by atoms with Gasteiger partial charge in [-0.25, -0.2) is 22.1 Å². The number of aryl methyl sites for hydroxylation is 2. The maximum absolute atomic E-state index is 14.0. The summed E-state index contributed by atoms with van der Waals surface area (Å²) in [5.41, 5.74) is 4.80. The third-order valence-corrected chi connectivity index (χ3v) is 9.58. The van der Waals surface area contributed by atoms with Gasteiger partial charge in [0, 0.05) is 36.8 Å². The van der Waals surface area contributed by atoms with E-state index in [2.05, 4.69) is 9.72 Å². The van der Waals surface area contributed by atoms with E-state index in [1.54, 1.807) is 11.0 Å². The van der Waals surface area contributed by atoms with Crippen molar-refractivity contribution in [3.8, 4) is 11.1 Å². The summed E-state index contributed by atoms with van der Waals surface area (Å²) in [6.07, 6.45) is 3.31. The molecule has 1 amide bonds. The third kappa shape index (κ3) is 4.59. The highest BCUT2D eigenvalue weighted by molar-refractivity contribution is 7.88. The highest BCUT2D eigenvalue weighted by Crippen LogP contribution is 2.42. The van der Waals surface area contributed by atoms with Crippen molar-refractivity contribution in [3.05, 3.63) is 64.5 Å². The Labute approximate surface area is 236 Å². The molecule has 0 saturated carbocycles. The maximum atomic E-state index is 14.0. The summed E-state index contributed by atoms with van der Waals surface area (Å²) in [6.45, 7) is 4.57. The largest absolute Gasteiger partial charge is 0.361 e. The summed E-state index contributed by atoms with van der Waals surface area (Å²) in [7, 11) is -3.29. The molecule has 0 aliphatic carbocycles. The Kier molecular flexibility index (Phi) is 6.71. The van der Waals surface area contributed by atoms with Crippen molar-refractivity contribution < 1.29 is 22.1 Å². The van der Waals surface area contributed by atoms with Crippen molar-refractivity contribution in [1.29, 1.82) is 0 Å². The highest BCUT2D eigenvalue weighted by Gasteiger charge is 2.39. The van der Waals surface area contributed by atoms with Gasteiger partial charge in [-0.3, -0.25) is 4.79 Å². The summed E-state index contributed by atoms with van der Waals surface area (Å²) in [6, 6.07) is 9.93. The zero-order chi connectivity index (χ0) is 28.3. The Morgan fingerprint density at radius 2 is 1.82 bits per heavy atom. The molecule has 2 aromatic heterocycles. The molecule has 0 N–H and O–H groups in total. The Bertz CT molecular complexity index is 1720. The predicted octanol–water partition coefficient (Wildman–Crippen LogP) is 5.57. The molecule has 1 atom stereocenters. The number of aromatic nitrogens is 3. The molecule has 2 fully saturated rings. The van der Waals surface area contributed by atoms with Crippen LogP contribution < -0.4 is 4.90 Å². The van der Waals surface area contributed by atoms with Crippen LogP contribution >= 0.6 is 11.6 Å². The number of amides is 1. The van der Waals surface area contributed by atoms with Crippen LogP contribution in [0.4, 0.5) is 10.1 Å². The first-order valence-electron chi connectivity index (χ1n) is 13.2. The molecule has 12 heteroatoms. The number of imidazole rings is 1. The lowest BCUT2D eigenvalue weighted by molar-refractivity contribution is -0.117. The van der Waals surface area contributed by atoms with Crippen molar-refractivity contribution in [2.75, 3.05) is 24.2 Å². The quantitative estimate of drug-likeness (QED) is 0.304. The standard InChI is InChI=1S/C28H29ClFN5O4S/c1-16-27(17(2)39-32-16)18-4-7-24-23(14-18)31-28(35(24)19-10-12-33(13-11-19)40(3,37)38)25-8-9-26(36)34(25)20-5-6-22(30)21(29)15-20/h4-7,14-15,19,25H,8-13H2,1-3H3. The lowest BCUT2D eigenvalue weighted by atomic mass is 10.0. The number of carbonyl (C=O) groups is 1. The molecule has 2 aromatic carbocycles. The number of benzene rings is 2. The molecule has 2 aliphatic rings. The Balaban J connectivity index is 1.48. The number of sulfonamides is 1. The minimum Gasteiger partial charge on any atom is -0.361 e. The Morgan fingerprint density at radius 1 is 1.07 bits per heavy atom. The van der Waals surface area contributed by atoms with Gasteiger partial charge in [-0.1, -0.05) is 22.8 Å². The molecule has 40 heavy (non-hydrogen) atoms. The van der Waals surface area contributed by atoms with Crippen LogP contribution in [0.3, 0.4) is 0 Å². The van der Waals surface area contributed by atoms with Crippen LogP contribution in [-0.2, 0) is 14.8 Å². The molecule has 9 nitrogen and oxygen atoms in total. The topological polar surface area (TPSA) is 102 Å². The van der Waals surface area contributed by atoms with Gasteiger partial charge in [-0.05, 0) is 69.0 Å². The monoisotopic (exact) mass is 585 g/mol. The van der Waals surface area contributed by atoms with E-state index in [4.69, 9.17) is 21.1 Å². The second kappa shape index (κ2) is 9.97. The van der Waals surface area contributed by atoms with E-state index in [0.717, 1.165) is 33.7 Å². The minimum absolute atomic E-state index is 0.0164. The molecule has 0 spiro atoms. The number of carbonyl (C=O) groups excluding carboxylic acids is 1.